The van der Waals surface area contributed by atoms with Crippen LogP contribution in [0.4, 0.5) is 0 Å². The minimum Gasteiger partial charge on any atom is -0.370 e. The zero-order valence-corrected chi connectivity index (χ0v) is 13.4. The van der Waals surface area contributed by atoms with Gasteiger partial charge in [-0.2, -0.15) is 0 Å². The van der Waals surface area contributed by atoms with Crippen molar-refractivity contribution in [1.29, 1.82) is 0 Å². The summed E-state index contributed by atoms with van der Waals surface area (Å²) in [5.74, 6) is -0.895. The number of primary amides is 1. The Morgan fingerprint density at radius 1 is 1.23 bits per heavy atom. The van der Waals surface area contributed by atoms with Crippen LogP contribution in [0.15, 0.2) is 29.2 Å². The molecule has 0 aliphatic heterocycles. The summed E-state index contributed by atoms with van der Waals surface area (Å²) in [6.07, 6.45) is 1.36. The number of hydrogen-bond acceptors (Lipinski definition) is 5. The Morgan fingerprint density at radius 3 is 2.23 bits per heavy atom. The van der Waals surface area contributed by atoms with Crippen LogP contribution in [0.25, 0.3) is 0 Å². The Hall–Kier alpha value is -1.93. The van der Waals surface area contributed by atoms with Crippen molar-refractivity contribution >= 4 is 21.7 Å². The highest BCUT2D eigenvalue weighted by molar-refractivity contribution is 7.90. The van der Waals surface area contributed by atoms with Crippen molar-refractivity contribution in [2.24, 2.45) is 11.5 Å². The first-order valence-electron chi connectivity index (χ1n) is 6.75. The van der Waals surface area contributed by atoms with Crippen LogP contribution in [-0.2, 0) is 19.4 Å². The lowest BCUT2D eigenvalue weighted by molar-refractivity contribution is -0.123. The van der Waals surface area contributed by atoms with Crippen molar-refractivity contribution in [3.05, 3.63) is 29.8 Å². The number of amides is 2. The van der Waals surface area contributed by atoms with Gasteiger partial charge in [0.1, 0.15) is 0 Å². The van der Waals surface area contributed by atoms with E-state index in [4.69, 9.17) is 11.5 Å². The van der Waals surface area contributed by atoms with Gasteiger partial charge in [0.25, 0.3) is 0 Å². The molecule has 0 radical (unpaired) electrons. The van der Waals surface area contributed by atoms with Gasteiger partial charge in [0, 0.05) is 12.7 Å². The molecule has 1 rings (SSSR count). The molecule has 0 saturated carbocycles. The van der Waals surface area contributed by atoms with Gasteiger partial charge in [0.2, 0.25) is 11.8 Å². The molecule has 2 amide bonds. The molecule has 0 aliphatic rings. The van der Waals surface area contributed by atoms with E-state index >= 15 is 0 Å². The Morgan fingerprint density at radius 2 is 1.77 bits per heavy atom. The average molecular weight is 327 g/mol. The van der Waals surface area contributed by atoms with Gasteiger partial charge in [-0.15, -0.1) is 0 Å². The van der Waals surface area contributed by atoms with Crippen LogP contribution in [0.1, 0.15) is 31.4 Å². The maximum Gasteiger partial charge on any atom is 0.237 e. The maximum atomic E-state index is 11.9. The predicted molar refractivity (Wildman–Crippen MR) is 82.5 cm³/mol. The second kappa shape index (κ2) is 7.37. The number of benzene rings is 1. The second-order valence-electron chi connectivity index (χ2n) is 5.18. The molecule has 0 aliphatic carbocycles. The van der Waals surface area contributed by atoms with Crippen molar-refractivity contribution in [3.63, 3.8) is 0 Å². The molecule has 0 spiro atoms. The van der Waals surface area contributed by atoms with Gasteiger partial charge < -0.3 is 16.8 Å². The van der Waals surface area contributed by atoms with Gasteiger partial charge >= 0.3 is 0 Å². The predicted octanol–water partition coefficient (Wildman–Crippen LogP) is -0.140. The van der Waals surface area contributed by atoms with E-state index in [1.807, 2.05) is 0 Å². The molecule has 0 bridgehead atoms. The van der Waals surface area contributed by atoms with Gasteiger partial charge in [-0.25, -0.2) is 8.42 Å². The summed E-state index contributed by atoms with van der Waals surface area (Å²) in [5.41, 5.74) is 11.4. The molecule has 1 aromatic carbocycles. The summed E-state index contributed by atoms with van der Waals surface area (Å²) in [4.78, 5) is 22.8. The summed E-state index contributed by atoms with van der Waals surface area (Å²) in [6.45, 7) is 1.76. The number of nitrogens with two attached hydrogens (primary N) is 2. The first-order chi connectivity index (χ1) is 10.1. The van der Waals surface area contributed by atoms with Crippen molar-refractivity contribution < 1.29 is 18.0 Å². The minimum atomic E-state index is -3.25. The van der Waals surface area contributed by atoms with Crippen molar-refractivity contribution in [3.8, 4) is 0 Å². The third-order valence-electron chi connectivity index (χ3n) is 3.21. The van der Waals surface area contributed by atoms with Crippen LogP contribution in [-0.4, -0.2) is 32.5 Å². The van der Waals surface area contributed by atoms with Crippen LogP contribution >= 0.6 is 0 Å². The quantitative estimate of drug-likeness (QED) is 0.641. The maximum absolute atomic E-state index is 11.9. The number of carbonyl (C=O) groups is 2. The summed E-state index contributed by atoms with van der Waals surface area (Å²) in [5, 5.41) is 2.71. The smallest absolute Gasteiger partial charge is 0.237 e. The number of nitrogens with one attached hydrogen (secondary N) is 1. The van der Waals surface area contributed by atoms with Crippen LogP contribution < -0.4 is 16.8 Å². The monoisotopic (exact) mass is 327 g/mol. The average Bonchev–Trinajstić information content (AvgIpc) is 2.43. The molecule has 0 aromatic heterocycles. The molecule has 7 nitrogen and oxygen atoms in total. The Balaban J connectivity index is 2.66. The highest BCUT2D eigenvalue weighted by atomic mass is 32.2. The third kappa shape index (κ3) is 5.45. The van der Waals surface area contributed by atoms with Crippen molar-refractivity contribution in [2.45, 2.75) is 36.7 Å². The molecular weight excluding hydrogens is 306 g/mol. The molecule has 0 saturated heterocycles. The fourth-order valence-corrected chi connectivity index (χ4v) is 2.47. The van der Waals surface area contributed by atoms with Crippen LogP contribution in [0.3, 0.4) is 0 Å². The first-order valence-corrected chi connectivity index (χ1v) is 8.64. The van der Waals surface area contributed by atoms with Gasteiger partial charge in [0.05, 0.1) is 17.0 Å². The molecule has 0 fully saturated rings. The normalized spacial score (nSPS) is 14.1. The van der Waals surface area contributed by atoms with Crippen LogP contribution in [0.5, 0.6) is 0 Å². The summed E-state index contributed by atoms with van der Waals surface area (Å²) in [6, 6.07) is 5.10. The zero-order valence-electron chi connectivity index (χ0n) is 12.6. The van der Waals surface area contributed by atoms with Gasteiger partial charge in [-0.1, -0.05) is 12.1 Å². The molecule has 0 heterocycles. The van der Waals surface area contributed by atoms with Crippen molar-refractivity contribution in [1.82, 2.24) is 5.32 Å². The first kappa shape index (κ1) is 18.1. The van der Waals surface area contributed by atoms with Gasteiger partial charge in [-0.05, 0) is 31.0 Å². The zero-order chi connectivity index (χ0) is 16.9. The highest BCUT2D eigenvalue weighted by Gasteiger charge is 2.17. The van der Waals surface area contributed by atoms with E-state index in [-0.39, 0.29) is 29.7 Å². The fourth-order valence-electron chi connectivity index (χ4n) is 1.84. The van der Waals surface area contributed by atoms with Crippen LogP contribution in [0, 0.1) is 0 Å². The standard InChI is InChI=1S/C14H21N3O4S/c1-9(17-14(19)12(15)7-8-13(16)18)10-3-5-11(6-4-10)22(2,20)21/h3-6,9,12H,7-8,15H2,1-2H3,(H2,16,18)(H,17,19)/t9-,12+/m1/s1. The molecule has 22 heavy (non-hydrogen) atoms. The summed E-state index contributed by atoms with van der Waals surface area (Å²) < 4.78 is 22.8. The van der Waals surface area contributed by atoms with Crippen molar-refractivity contribution in [2.75, 3.05) is 6.26 Å². The molecular formula is C14H21N3O4S. The topological polar surface area (TPSA) is 132 Å². The van der Waals surface area contributed by atoms with Gasteiger partial charge in [0.15, 0.2) is 9.84 Å². The van der Waals surface area contributed by atoms with E-state index in [2.05, 4.69) is 5.32 Å². The Labute approximate surface area is 130 Å². The Kier molecular flexibility index (Phi) is 6.07. The molecule has 1 aromatic rings. The van der Waals surface area contributed by atoms with E-state index in [9.17, 15) is 18.0 Å². The minimum absolute atomic E-state index is 0.0476. The molecule has 8 heteroatoms. The highest BCUT2D eigenvalue weighted by Crippen LogP contribution is 2.16. The van der Waals surface area contributed by atoms with E-state index in [0.29, 0.717) is 0 Å². The van der Waals surface area contributed by atoms with E-state index in [1.54, 1.807) is 19.1 Å². The second-order valence-corrected chi connectivity index (χ2v) is 7.20. The lowest BCUT2D eigenvalue weighted by Crippen LogP contribution is -2.42. The van der Waals surface area contributed by atoms with E-state index in [0.717, 1.165) is 11.8 Å². The number of carbonyl (C=O) groups excluding carboxylic acids is 2. The van der Waals surface area contributed by atoms with E-state index in [1.165, 1.54) is 12.1 Å². The molecule has 0 unspecified atom stereocenters. The summed E-state index contributed by atoms with van der Waals surface area (Å²) in [7, 11) is -3.25. The fraction of sp³-hybridized carbons (Fsp3) is 0.429. The SMILES string of the molecule is C[C@@H](NC(=O)[C@@H](N)CCC(N)=O)c1ccc(S(C)(=O)=O)cc1. The lowest BCUT2D eigenvalue weighted by Gasteiger charge is -2.18. The molecule has 122 valence electrons. The van der Waals surface area contributed by atoms with Gasteiger partial charge in [-0.3, -0.25) is 9.59 Å². The third-order valence-corrected chi connectivity index (χ3v) is 4.33. The molecule has 5 N–H and O–H groups in total. The number of rotatable bonds is 7. The lowest BCUT2D eigenvalue weighted by atomic mass is 10.1. The summed E-state index contributed by atoms with van der Waals surface area (Å²) >= 11 is 0. The largest absolute Gasteiger partial charge is 0.370 e. The van der Waals surface area contributed by atoms with Crippen LogP contribution in [0.2, 0.25) is 0 Å². The Bertz CT molecular complexity index is 641. The number of hydrogen-bond donors (Lipinski definition) is 3. The van der Waals surface area contributed by atoms with E-state index < -0.39 is 21.8 Å². The number of sulfone groups is 1. The molecule has 2 atom stereocenters.